The molecule has 0 unspecified atom stereocenters. The van der Waals surface area contributed by atoms with E-state index in [0.717, 1.165) is 79.7 Å². The SMILES string of the molecule is COc1cc(C=Cc2nc3n(n2)CCC[C@H]3C2CCN(C(C)=O)CC2)ccc1-n1cnc(C)c1. The molecule has 178 valence electrons. The van der Waals surface area contributed by atoms with E-state index in [0.29, 0.717) is 11.8 Å². The Hall–Kier alpha value is -3.42. The van der Waals surface area contributed by atoms with Crippen LogP contribution in [0.2, 0.25) is 0 Å². The van der Waals surface area contributed by atoms with Crippen LogP contribution in [0.25, 0.3) is 17.8 Å². The number of ether oxygens (including phenoxy) is 1. The van der Waals surface area contributed by atoms with Crippen molar-refractivity contribution in [1.29, 1.82) is 0 Å². The van der Waals surface area contributed by atoms with E-state index in [4.69, 9.17) is 14.8 Å². The fourth-order valence-corrected chi connectivity index (χ4v) is 5.27. The van der Waals surface area contributed by atoms with Crippen LogP contribution in [-0.4, -0.2) is 55.3 Å². The molecule has 0 spiro atoms. The fraction of sp³-hybridized carbons (Fsp3) is 0.462. The highest BCUT2D eigenvalue weighted by molar-refractivity contribution is 5.73. The lowest BCUT2D eigenvalue weighted by Crippen LogP contribution is -2.39. The fourth-order valence-electron chi connectivity index (χ4n) is 5.27. The number of likely N-dealkylation sites (tertiary alicyclic amines) is 1. The van der Waals surface area contributed by atoms with Gasteiger partial charge in [0.25, 0.3) is 0 Å². The highest BCUT2D eigenvalue weighted by Gasteiger charge is 2.33. The van der Waals surface area contributed by atoms with Gasteiger partial charge in [-0.3, -0.25) is 4.79 Å². The number of hydrogen-bond donors (Lipinski definition) is 0. The van der Waals surface area contributed by atoms with Crippen LogP contribution in [0, 0.1) is 12.8 Å². The normalized spacial score (nSPS) is 18.9. The second kappa shape index (κ2) is 9.44. The molecule has 0 bridgehead atoms. The van der Waals surface area contributed by atoms with Crippen LogP contribution in [-0.2, 0) is 11.3 Å². The molecule has 1 amide bonds. The molecule has 5 rings (SSSR count). The van der Waals surface area contributed by atoms with Crippen LogP contribution in [0.5, 0.6) is 5.75 Å². The van der Waals surface area contributed by atoms with E-state index >= 15 is 0 Å². The Bertz CT molecular complexity index is 1200. The predicted octanol–water partition coefficient (Wildman–Crippen LogP) is 4.09. The van der Waals surface area contributed by atoms with Gasteiger partial charge in [-0.1, -0.05) is 12.1 Å². The van der Waals surface area contributed by atoms with Crippen molar-refractivity contribution in [3.8, 4) is 11.4 Å². The third kappa shape index (κ3) is 4.49. The highest BCUT2D eigenvalue weighted by Crippen LogP contribution is 2.38. The summed E-state index contributed by atoms with van der Waals surface area (Å²) < 4.78 is 9.69. The van der Waals surface area contributed by atoms with Crippen LogP contribution in [0.3, 0.4) is 0 Å². The van der Waals surface area contributed by atoms with Gasteiger partial charge in [0, 0.05) is 38.7 Å². The second-order valence-electron chi connectivity index (χ2n) is 9.33. The van der Waals surface area contributed by atoms with Gasteiger partial charge in [-0.15, -0.1) is 0 Å². The van der Waals surface area contributed by atoms with E-state index in [1.807, 2.05) is 46.9 Å². The maximum Gasteiger partial charge on any atom is 0.219 e. The smallest absolute Gasteiger partial charge is 0.219 e. The first kappa shape index (κ1) is 22.4. The molecule has 3 aromatic rings. The van der Waals surface area contributed by atoms with Gasteiger partial charge >= 0.3 is 0 Å². The Morgan fingerprint density at radius 3 is 2.68 bits per heavy atom. The minimum Gasteiger partial charge on any atom is -0.495 e. The number of fused-ring (bicyclic) bond motifs is 1. The Labute approximate surface area is 200 Å². The van der Waals surface area contributed by atoms with Gasteiger partial charge in [0.2, 0.25) is 5.91 Å². The van der Waals surface area contributed by atoms with Gasteiger partial charge < -0.3 is 14.2 Å². The average Bonchev–Trinajstić information content (AvgIpc) is 3.48. The third-order valence-corrected chi connectivity index (χ3v) is 7.11. The van der Waals surface area contributed by atoms with Crippen molar-refractivity contribution in [2.45, 2.75) is 52.0 Å². The molecule has 8 heteroatoms. The number of aryl methyl sites for hydroxylation is 2. The topological polar surface area (TPSA) is 78.1 Å². The van der Waals surface area contributed by atoms with Gasteiger partial charge in [-0.25, -0.2) is 14.6 Å². The first-order valence-corrected chi connectivity index (χ1v) is 12.1. The van der Waals surface area contributed by atoms with E-state index in [1.54, 1.807) is 20.4 Å². The van der Waals surface area contributed by atoms with Crippen molar-refractivity contribution < 1.29 is 9.53 Å². The van der Waals surface area contributed by atoms with Crippen molar-refractivity contribution in [3.63, 3.8) is 0 Å². The first-order chi connectivity index (χ1) is 16.5. The zero-order chi connectivity index (χ0) is 23.7. The number of carbonyl (C=O) groups excluding carboxylic acids is 1. The maximum atomic E-state index is 11.7. The summed E-state index contributed by atoms with van der Waals surface area (Å²) in [6.45, 7) is 6.27. The van der Waals surface area contributed by atoms with E-state index in [9.17, 15) is 4.79 Å². The first-order valence-electron chi connectivity index (χ1n) is 12.1. The molecule has 8 nitrogen and oxygen atoms in total. The molecule has 2 aliphatic rings. The third-order valence-electron chi connectivity index (χ3n) is 7.11. The van der Waals surface area contributed by atoms with Crippen LogP contribution in [0.1, 0.15) is 61.4 Å². The van der Waals surface area contributed by atoms with E-state index in [-0.39, 0.29) is 5.91 Å². The predicted molar refractivity (Wildman–Crippen MR) is 131 cm³/mol. The van der Waals surface area contributed by atoms with E-state index in [1.165, 1.54) is 0 Å². The second-order valence-corrected chi connectivity index (χ2v) is 9.33. The Morgan fingerprint density at radius 1 is 1.15 bits per heavy atom. The number of piperidine rings is 1. The molecule has 1 fully saturated rings. The molecule has 34 heavy (non-hydrogen) atoms. The summed E-state index contributed by atoms with van der Waals surface area (Å²) in [5.74, 6) is 3.82. The summed E-state index contributed by atoms with van der Waals surface area (Å²) in [6.07, 6.45) is 12.2. The number of aromatic nitrogens is 5. The molecule has 2 aromatic heterocycles. The quantitative estimate of drug-likeness (QED) is 0.573. The lowest BCUT2D eigenvalue weighted by atomic mass is 9.80. The van der Waals surface area contributed by atoms with Gasteiger partial charge in [-0.05, 0) is 62.3 Å². The van der Waals surface area contributed by atoms with Crippen molar-refractivity contribution in [2.75, 3.05) is 20.2 Å². The van der Waals surface area contributed by atoms with Crippen LogP contribution in [0.15, 0.2) is 30.7 Å². The number of hydrogen-bond acceptors (Lipinski definition) is 5. The summed E-state index contributed by atoms with van der Waals surface area (Å²) in [7, 11) is 1.68. The maximum absolute atomic E-state index is 11.7. The van der Waals surface area contributed by atoms with E-state index in [2.05, 4.69) is 15.7 Å². The molecule has 2 aliphatic heterocycles. The molecule has 1 saturated heterocycles. The molecule has 0 N–H and O–H groups in total. The Morgan fingerprint density at radius 2 is 1.97 bits per heavy atom. The number of rotatable bonds is 5. The summed E-state index contributed by atoms with van der Waals surface area (Å²) in [6, 6.07) is 6.11. The molecular weight excluding hydrogens is 428 g/mol. The molecule has 1 aromatic carbocycles. The Kier molecular flexibility index (Phi) is 6.22. The van der Waals surface area contributed by atoms with Crippen LogP contribution >= 0.6 is 0 Å². The van der Waals surface area contributed by atoms with Crippen molar-refractivity contribution >= 4 is 18.1 Å². The zero-order valence-corrected chi connectivity index (χ0v) is 20.1. The van der Waals surface area contributed by atoms with Crippen LogP contribution < -0.4 is 4.74 Å². The molecule has 4 heterocycles. The minimum absolute atomic E-state index is 0.183. The summed E-state index contributed by atoms with van der Waals surface area (Å²) in [4.78, 5) is 22.9. The summed E-state index contributed by atoms with van der Waals surface area (Å²) in [5.41, 5.74) is 2.94. The average molecular weight is 461 g/mol. The molecule has 0 radical (unpaired) electrons. The molecule has 0 aliphatic carbocycles. The van der Waals surface area contributed by atoms with Crippen molar-refractivity contribution in [2.24, 2.45) is 5.92 Å². The number of benzene rings is 1. The number of amides is 1. The summed E-state index contributed by atoms with van der Waals surface area (Å²) >= 11 is 0. The Balaban J connectivity index is 1.32. The van der Waals surface area contributed by atoms with Crippen molar-refractivity contribution in [1.82, 2.24) is 29.2 Å². The van der Waals surface area contributed by atoms with Gasteiger partial charge in [-0.2, -0.15) is 5.10 Å². The summed E-state index contributed by atoms with van der Waals surface area (Å²) in [5, 5.41) is 4.78. The van der Waals surface area contributed by atoms with Gasteiger partial charge in [0.05, 0.1) is 24.8 Å². The lowest BCUT2D eigenvalue weighted by molar-refractivity contribution is -0.130. The minimum atomic E-state index is 0.183. The molecule has 0 saturated carbocycles. The van der Waals surface area contributed by atoms with Crippen LogP contribution in [0.4, 0.5) is 0 Å². The van der Waals surface area contributed by atoms with Crippen molar-refractivity contribution in [3.05, 3.63) is 53.6 Å². The standard InChI is InChI=1S/C26H32N6O2/c1-18-16-31(17-27-18)23-8-6-20(15-24(23)34-3)7-9-25-28-26-22(5-4-12-32(26)29-25)21-10-13-30(14-11-21)19(2)33/h6-9,15-17,21-22H,4-5,10-14H2,1-3H3/t22-/m0/s1. The molecule has 1 atom stereocenters. The monoisotopic (exact) mass is 460 g/mol. The number of imidazole rings is 1. The number of carbonyl (C=O) groups is 1. The number of methoxy groups -OCH3 is 1. The number of nitrogens with zero attached hydrogens (tertiary/aromatic N) is 6. The molecular formula is C26H32N6O2. The highest BCUT2D eigenvalue weighted by atomic mass is 16.5. The lowest BCUT2D eigenvalue weighted by Gasteiger charge is -2.36. The van der Waals surface area contributed by atoms with Gasteiger partial charge in [0.15, 0.2) is 5.82 Å². The zero-order valence-electron chi connectivity index (χ0n) is 20.1. The van der Waals surface area contributed by atoms with E-state index < -0.39 is 0 Å². The largest absolute Gasteiger partial charge is 0.495 e. The van der Waals surface area contributed by atoms with Gasteiger partial charge in [0.1, 0.15) is 11.6 Å².